The van der Waals surface area contributed by atoms with Gasteiger partial charge in [0.25, 0.3) is 11.6 Å². The summed E-state index contributed by atoms with van der Waals surface area (Å²) in [5.41, 5.74) is 1.08. The normalized spacial score (nSPS) is 10.5. The number of hydrogen-bond acceptors (Lipinski definition) is 5. The molecule has 0 atom stereocenters. The maximum absolute atomic E-state index is 13.5. The van der Waals surface area contributed by atoms with Crippen molar-refractivity contribution in [2.24, 2.45) is 11.8 Å². The highest BCUT2D eigenvalue weighted by Crippen LogP contribution is 2.25. The van der Waals surface area contributed by atoms with Crippen molar-refractivity contribution in [3.8, 4) is 0 Å². The van der Waals surface area contributed by atoms with Crippen LogP contribution in [0.5, 0.6) is 0 Å². The summed E-state index contributed by atoms with van der Waals surface area (Å²) in [4.78, 5) is 22.2. The number of hydrazine groups is 1. The standard InChI is InChI=1S/C13H19FN4O3/c1-3-8(4-2)7-16-13(19)9-5-11(17-15)10(14)6-12(9)18(20)21/h5-6,8,17H,3-4,7,15H2,1-2H3,(H,16,19). The highest BCUT2D eigenvalue weighted by molar-refractivity contribution is 5.99. The Kier molecular flexibility index (Phi) is 6.04. The van der Waals surface area contributed by atoms with Crippen molar-refractivity contribution in [2.75, 3.05) is 12.0 Å². The Hall–Kier alpha value is -2.22. The first-order valence-electron chi connectivity index (χ1n) is 6.67. The largest absolute Gasteiger partial charge is 0.352 e. The Bertz CT molecular complexity index is 532. The maximum Gasteiger partial charge on any atom is 0.285 e. The Balaban J connectivity index is 3.04. The van der Waals surface area contributed by atoms with Crippen molar-refractivity contribution in [3.63, 3.8) is 0 Å². The molecule has 1 rings (SSSR count). The van der Waals surface area contributed by atoms with E-state index in [1.807, 2.05) is 13.8 Å². The molecule has 0 saturated carbocycles. The van der Waals surface area contributed by atoms with E-state index in [1.54, 1.807) is 0 Å². The van der Waals surface area contributed by atoms with Gasteiger partial charge < -0.3 is 10.7 Å². The molecular weight excluding hydrogens is 279 g/mol. The Morgan fingerprint density at radius 3 is 2.52 bits per heavy atom. The number of nitrogens with two attached hydrogens (primary N) is 1. The molecule has 4 N–H and O–H groups in total. The zero-order chi connectivity index (χ0) is 16.0. The SMILES string of the molecule is CCC(CC)CNC(=O)c1cc(NN)c(F)cc1[N+](=O)[O-]. The number of hydrogen-bond donors (Lipinski definition) is 3. The third-order valence-electron chi connectivity index (χ3n) is 3.39. The summed E-state index contributed by atoms with van der Waals surface area (Å²) in [5.74, 6) is 3.90. The Labute approximate surface area is 121 Å². The predicted octanol–water partition coefficient (Wildman–Crippen LogP) is 2.19. The average molecular weight is 298 g/mol. The fourth-order valence-corrected chi connectivity index (χ4v) is 1.92. The van der Waals surface area contributed by atoms with Gasteiger partial charge in [0, 0.05) is 6.54 Å². The summed E-state index contributed by atoms with van der Waals surface area (Å²) in [5, 5.41) is 13.6. The van der Waals surface area contributed by atoms with E-state index >= 15 is 0 Å². The summed E-state index contributed by atoms with van der Waals surface area (Å²) in [6.07, 6.45) is 1.77. The number of benzene rings is 1. The van der Waals surface area contributed by atoms with Crippen LogP contribution in [0.15, 0.2) is 12.1 Å². The van der Waals surface area contributed by atoms with Crippen LogP contribution in [-0.4, -0.2) is 17.4 Å². The number of rotatable bonds is 7. The second-order valence-corrected chi connectivity index (χ2v) is 4.64. The number of anilines is 1. The quantitative estimate of drug-likeness (QED) is 0.406. The molecule has 0 aromatic heterocycles. The summed E-state index contributed by atoms with van der Waals surface area (Å²) < 4.78 is 13.5. The number of nitro groups is 1. The highest BCUT2D eigenvalue weighted by atomic mass is 19.1. The molecule has 0 fully saturated rings. The van der Waals surface area contributed by atoms with E-state index in [2.05, 4.69) is 10.7 Å². The van der Waals surface area contributed by atoms with E-state index in [0.29, 0.717) is 18.5 Å². The van der Waals surface area contributed by atoms with E-state index < -0.39 is 22.3 Å². The molecule has 7 nitrogen and oxygen atoms in total. The predicted molar refractivity (Wildman–Crippen MR) is 77.3 cm³/mol. The van der Waals surface area contributed by atoms with Gasteiger partial charge in [0.2, 0.25) is 0 Å². The van der Waals surface area contributed by atoms with Crippen molar-refractivity contribution >= 4 is 17.3 Å². The highest BCUT2D eigenvalue weighted by Gasteiger charge is 2.23. The first-order valence-corrected chi connectivity index (χ1v) is 6.67. The molecule has 0 radical (unpaired) electrons. The molecule has 1 amide bonds. The number of nitrogens with one attached hydrogen (secondary N) is 2. The van der Waals surface area contributed by atoms with Crippen molar-refractivity contribution < 1.29 is 14.1 Å². The van der Waals surface area contributed by atoms with Crippen LogP contribution in [0.3, 0.4) is 0 Å². The molecule has 0 saturated heterocycles. The van der Waals surface area contributed by atoms with Gasteiger partial charge in [-0.3, -0.25) is 20.8 Å². The van der Waals surface area contributed by atoms with Gasteiger partial charge in [0.1, 0.15) is 5.56 Å². The number of nitro benzene ring substituents is 1. The Morgan fingerprint density at radius 1 is 1.43 bits per heavy atom. The van der Waals surface area contributed by atoms with Crippen molar-refractivity contribution in [3.05, 3.63) is 33.6 Å². The van der Waals surface area contributed by atoms with E-state index in [1.165, 1.54) is 0 Å². The second-order valence-electron chi connectivity index (χ2n) is 4.64. The van der Waals surface area contributed by atoms with Crippen LogP contribution in [0.1, 0.15) is 37.0 Å². The van der Waals surface area contributed by atoms with Gasteiger partial charge in [-0.15, -0.1) is 0 Å². The fourth-order valence-electron chi connectivity index (χ4n) is 1.92. The van der Waals surface area contributed by atoms with Gasteiger partial charge in [0.15, 0.2) is 5.82 Å². The lowest BCUT2D eigenvalue weighted by Crippen LogP contribution is -2.29. The zero-order valence-corrected chi connectivity index (χ0v) is 12.0. The molecule has 0 aliphatic rings. The third-order valence-corrected chi connectivity index (χ3v) is 3.39. The Morgan fingerprint density at radius 2 is 2.05 bits per heavy atom. The molecule has 0 spiro atoms. The smallest absolute Gasteiger partial charge is 0.285 e. The van der Waals surface area contributed by atoms with E-state index in [-0.39, 0.29) is 11.3 Å². The molecule has 0 unspecified atom stereocenters. The lowest BCUT2D eigenvalue weighted by molar-refractivity contribution is -0.385. The van der Waals surface area contributed by atoms with Crippen LogP contribution in [0.2, 0.25) is 0 Å². The molecule has 0 aliphatic heterocycles. The summed E-state index contributed by atoms with van der Waals surface area (Å²) in [6, 6.07) is 1.72. The summed E-state index contributed by atoms with van der Waals surface area (Å²) >= 11 is 0. The number of carbonyl (C=O) groups is 1. The molecule has 116 valence electrons. The van der Waals surface area contributed by atoms with Gasteiger partial charge in [0.05, 0.1) is 16.7 Å². The van der Waals surface area contributed by atoms with Gasteiger partial charge >= 0.3 is 0 Å². The van der Waals surface area contributed by atoms with Crippen molar-refractivity contribution in [1.82, 2.24) is 5.32 Å². The lowest BCUT2D eigenvalue weighted by Gasteiger charge is -2.14. The first kappa shape index (κ1) is 16.8. The molecule has 0 bridgehead atoms. The third kappa shape index (κ3) is 4.12. The van der Waals surface area contributed by atoms with Crippen LogP contribution in [0.4, 0.5) is 15.8 Å². The second kappa shape index (κ2) is 7.53. The summed E-state index contributed by atoms with van der Waals surface area (Å²) in [7, 11) is 0. The number of nitrogens with zero attached hydrogens (tertiary/aromatic N) is 1. The van der Waals surface area contributed by atoms with Crippen LogP contribution in [0.25, 0.3) is 0 Å². The maximum atomic E-state index is 13.5. The minimum absolute atomic E-state index is 0.173. The fraction of sp³-hybridized carbons (Fsp3) is 0.462. The zero-order valence-electron chi connectivity index (χ0n) is 12.0. The minimum atomic E-state index is -0.888. The van der Waals surface area contributed by atoms with Gasteiger partial charge in [-0.05, 0) is 12.0 Å². The molecular formula is C13H19FN4O3. The number of amides is 1. The van der Waals surface area contributed by atoms with Crippen LogP contribution in [-0.2, 0) is 0 Å². The van der Waals surface area contributed by atoms with E-state index in [4.69, 9.17) is 5.84 Å². The van der Waals surface area contributed by atoms with Crippen molar-refractivity contribution in [2.45, 2.75) is 26.7 Å². The van der Waals surface area contributed by atoms with Crippen LogP contribution < -0.4 is 16.6 Å². The molecule has 0 heterocycles. The first-order chi connectivity index (χ1) is 9.94. The summed E-state index contributed by atoms with van der Waals surface area (Å²) in [6.45, 7) is 4.40. The number of halogens is 1. The average Bonchev–Trinajstić information content (AvgIpc) is 2.47. The van der Waals surface area contributed by atoms with Gasteiger partial charge in [-0.2, -0.15) is 0 Å². The molecule has 8 heteroatoms. The molecule has 1 aromatic rings. The van der Waals surface area contributed by atoms with Crippen molar-refractivity contribution in [1.29, 1.82) is 0 Å². The molecule has 0 aliphatic carbocycles. The lowest BCUT2D eigenvalue weighted by atomic mass is 10.0. The monoisotopic (exact) mass is 298 g/mol. The molecule has 21 heavy (non-hydrogen) atoms. The van der Waals surface area contributed by atoms with Crippen LogP contribution in [0, 0.1) is 21.8 Å². The van der Waals surface area contributed by atoms with Crippen LogP contribution >= 0.6 is 0 Å². The topological polar surface area (TPSA) is 110 Å². The minimum Gasteiger partial charge on any atom is -0.352 e. The van der Waals surface area contributed by atoms with E-state index in [9.17, 15) is 19.3 Å². The van der Waals surface area contributed by atoms with Gasteiger partial charge in [-0.25, -0.2) is 4.39 Å². The van der Waals surface area contributed by atoms with E-state index in [0.717, 1.165) is 18.9 Å². The number of carbonyl (C=O) groups excluding carboxylic acids is 1. The van der Waals surface area contributed by atoms with Gasteiger partial charge in [-0.1, -0.05) is 26.7 Å². The number of nitrogen functional groups attached to an aromatic ring is 1. The molecule has 1 aromatic carbocycles.